The Kier molecular flexibility index (Phi) is 5.23. The van der Waals surface area contributed by atoms with Gasteiger partial charge in [-0.05, 0) is 18.9 Å². The van der Waals surface area contributed by atoms with E-state index in [1.807, 2.05) is 6.92 Å². The second kappa shape index (κ2) is 6.67. The molecule has 0 aliphatic rings. The number of hydrogen-bond donors (Lipinski definition) is 2. The van der Waals surface area contributed by atoms with Crippen molar-refractivity contribution in [3.63, 3.8) is 0 Å². The van der Waals surface area contributed by atoms with Gasteiger partial charge in [0.05, 0.1) is 4.92 Å². The van der Waals surface area contributed by atoms with Crippen molar-refractivity contribution in [2.75, 3.05) is 11.9 Å². The summed E-state index contributed by atoms with van der Waals surface area (Å²) in [5.74, 6) is -0.303. The van der Waals surface area contributed by atoms with E-state index >= 15 is 0 Å². The topological polar surface area (TPSA) is 105 Å². The summed E-state index contributed by atoms with van der Waals surface area (Å²) in [5, 5.41) is 22.4. The van der Waals surface area contributed by atoms with Crippen molar-refractivity contribution in [3.05, 3.63) is 27.9 Å². The molecule has 0 aliphatic carbocycles. The Morgan fingerprint density at radius 1 is 1.63 bits per heavy atom. The number of anilines is 1. The van der Waals surface area contributed by atoms with Gasteiger partial charge in [-0.2, -0.15) is 0 Å². The summed E-state index contributed by atoms with van der Waals surface area (Å²) in [5.41, 5.74) is 0.497. The monoisotopic (exact) mass is 267 g/mol. The molecule has 7 nitrogen and oxygen atoms in total. The predicted octanol–water partition coefficient (Wildman–Crippen LogP) is 2.21. The molecule has 0 saturated heterocycles. The number of nitrogens with zero attached hydrogens (tertiary/aromatic N) is 2. The number of nitro groups is 1. The molecule has 0 saturated carbocycles. The fourth-order valence-electron chi connectivity index (χ4n) is 1.69. The molecule has 0 aromatic carbocycles. The largest absolute Gasteiger partial charge is 0.481 e. The summed E-state index contributed by atoms with van der Waals surface area (Å²) >= 11 is 0. The number of hydrogen-bond acceptors (Lipinski definition) is 5. The molecule has 7 heteroatoms. The highest BCUT2D eigenvalue weighted by molar-refractivity contribution is 5.67. The number of pyridine rings is 1. The fourth-order valence-corrected chi connectivity index (χ4v) is 1.69. The number of rotatable bonds is 7. The molecular formula is C12H17N3O4. The van der Waals surface area contributed by atoms with Crippen LogP contribution in [0.25, 0.3) is 0 Å². The average molecular weight is 267 g/mol. The number of carboxylic acid groups (broad SMARTS) is 1. The molecule has 1 aromatic rings. The Bertz CT molecular complexity index is 476. The second-order valence-electron chi connectivity index (χ2n) is 4.37. The standard InChI is InChI=1S/C12H17N3O4/c1-3-9(5-12(16)17)6-13-11-4-8(2)10(7-14-11)15(18)19/h4,7,9H,3,5-6H2,1-2H3,(H,13,14)(H,16,17). The molecule has 1 heterocycles. The van der Waals surface area contributed by atoms with Gasteiger partial charge in [-0.15, -0.1) is 0 Å². The molecule has 0 amide bonds. The van der Waals surface area contributed by atoms with Gasteiger partial charge in [0.2, 0.25) is 0 Å². The summed E-state index contributed by atoms with van der Waals surface area (Å²) in [6.45, 7) is 4.04. The minimum absolute atomic E-state index is 0.00907. The molecule has 1 rings (SSSR count). The van der Waals surface area contributed by atoms with Gasteiger partial charge in [0.15, 0.2) is 0 Å². The van der Waals surface area contributed by atoms with Crippen molar-refractivity contribution < 1.29 is 14.8 Å². The molecule has 1 unspecified atom stereocenters. The molecule has 0 spiro atoms. The summed E-state index contributed by atoms with van der Waals surface area (Å²) in [4.78, 5) is 24.7. The van der Waals surface area contributed by atoms with Crippen molar-refractivity contribution in [1.29, 1.82) is 0 Å². The SMILES string of the molecule is CCC(CNc1cc(C)c([N+](=O)[O-])cn1)CC(=O)O. The van der Waals surface area contributed by atoms with Crippen molar-refractivity contribution in [1.82, 2.24) is 4.98 Å². The lowest BCUT2D eigenvalue weighted by Gasteiger charge is -2.14. The van der Waals surface area contributed by atoms with Gasteiger partial charge in [-0.1, -0.05) is 13.3 Å². The Balaban J connectivity index is 2.65. The normalized spacial score (nSPS) is 11.9. The van der Waals surface area contributed by atoms with Gasteiger partial charge >= 0.3 is 5.97 Å². The zero-order chi connectivity index (χ0) is 14.4. The van der Waals surface area contributed by atoms with Crippen LogP contribution in [-0.4, -0.2) is 27.5 Å². The van der Waals surface area contributed by atoms with E-state index in [1.54, 1.807) is 13.0 Å². The molecule has 0 aliphatic heterocycles. The maximum Gasteiger partial charge on any atom is 0.303 e. The number of carboxylic acids is 1. The lowest BCUT2D eigenvalue weighted by atomic mass is 10.0. The Morgan fingerprint density at radius 3 is 2.79 bits per heavy atom. The van der Waals surface area contributed by atoms with Crippen LogP contribution in [0.2, 0.25) is 0 Å². The first-order valence-electron chi connectivity index (χ1n) is 6.00. The van der Waals surface area contributed by atoms with E-state index in [1.165, 1.54) is 6.20 Å². The summed E-state index contributed by atoms with van der Waals surface area (Å²) < 4.78 is 0. The number of aryl methyl sites for hydroxylation is 1. The summed E-state index contributed by atoms with van der Waals surface area (Å²) in [6.07, 6.45) is 2.04. The van der Waals surface area contributed by atoms with Gasteiger partial charge in [0, 0.05) is 18.5 Å². The number of carbonyl (C=O) groups is 1. The molecule has 2 N–H and O–H groups in total. The number of nitrogens with one attached hydrogen (secondary N) is 1. The zero-order valence-electron chi connectivity index (χ0n) is 10.9. The molecule has 0 fully saturated rings. The van der Waals surface area contributed by atoms with Crippen LogP contribution in [0.3, 0.4) is 0 Å². The van der Waals surface area contributed by atoms with E-state index in [9.17, 15) is 14.9 Å². The van der Waals surface area contributed by atoms with Crippen LogP contribution in [0.5, 0.6) is 0 Å². The maximum absolute atomic E-state index is 10.6. The van der Waals surface area contributed by atoms with Gasteiger partial charge < -0.3 is 10.4 Å². The van der Waals surface area contributed by atoms with E-state index < -0.39 is 10.9 Å². The average Bonchev–Trinajstić information content (AvgIpc) is 2.33. The van der Waals surface area contributed by atoms with Gasteiger partial charge in [-0.3, -0.25) is 14.9 Å². The molecular weight excluding hydrogens is 250 g/mol. The first-order valence-corrected chi connectivity index (χ1v) is 6.00. The Labute approximate surface area is 110 Å². The highest BCUT2D eigenvalue weighted by Gasteiger charge is 2.13. The van der Waals surface area contributed by atoms with Crippen molar-refractivity contribution in [2.24, 2.45) is 5.92 Å². The van der Waals surface area contributed by atoms with Gasteiger partial charge in [-0.25, -0.2) is 4.98 Å². The van der Waals surface area contributed by atoms with E-state index in [2.05, 4.69) is 10.3 Å². The summed E-state index contributed by atoms with van der Waals surface area (Å²) in [6, 6.07) is 1.59. The lowest BCUT2D eigenvalue weighted by molar-refractivity contribution is -0.385. The van der Waals surface area contributed by atoms with E-state index in [0.29, 0.717) is 17.9 Å². The van der Waals surface area contributed by atoms with E-state index in [-0.39, 0.29) is 18.0 Å². The molecule has 104 valence electrons. The highest BCUT2D eigenvalue weighted by atomic mass is 16.6. The molecule has 0 radical (unpaired) electrons. The van der Waals surface area contributed by atoms with Crippen molar-refractivity contribution in [3.8, 4) is 0 Å². The second-order valence-corrected chi connectivity index (χ2v) is 4.37. The quantitative estimate of drug-likeness (QED) is 0.579. The van der Waals surface area contributed by atoms with E-state index in [4.69, 9.17) is 5.11 Å². The van der Waals surface area contributed by atoms with Crippen LogP contribution in [-0.2, 0) is 4.79 Å². The first-order chi connectivity index (χ1) is 8.93. The van der Waals surface area contributed by atoms with Crippen molar-refractivity contribution in [2.45, 2.75) is 26.7 Å². The first kappa shape index (κ1) is 14.9. The molecule has 1 atom stereocenters. The van der Waals surface area contributed by atoms with Crippen LogP contribution in [0.15, 0.2) is 12.3 Å². The van der Waals surface area contributed by atoms with Crippen LogP contribution < -0.4 is 5.32 Å². The Hall–Kier alpha value is -2.18. The third kappa shape index (κ3) is 4.53. The van der Waals surface area contributed by atoms with E-state index in [0.717, 1.165) is 6.42 Å². The fraction of sp³-hybridized carbons (Fsp3) is 0.500. The molecule has 1 aromatic heterocycles. The Morgan fingerprint density at radius 2 is 2.32 bits per heavy atom. The highest BCUT2D eigenvalue weighted by Crippen LogP contribution is 2.19. The number of aliphatic carboxylic acids is 1. The van der Waals surface area contributed by atoms with Crippen LogP contribution in [0, 0.1) is 23.0 Å². The lowest BCUT2D eigenvalue weighted by Crippen LogP contribution is -2.17. The minimum Gasteiger partial charge on any atom is -0.481 e. The molecule has 19 heavy (non-hydrogen) atoms. The van der Waals surface area contributed by atoms with Gasteiger partial charge in [0.25, 0.3) is 5.69 Å². The van der Waals surface area contributed by atoms with Gasteiger partial charge in [0.1, 0.15) is 12.0 Å². The maximum atomic E-state index is 10.6. The molecule has 0 bridgehead atoms. The third-order valence-electron chi connectivity index (χ3n) is 2.89. The minimum atomic E-state index is -0.832. The van der Waals surface area contributed by atoms with Crippen LogP contribution in [0.1, 0.15) is 25.3 Å². The summed E-state index contributed by atoms with van der Waals surface area (Å²) in [7, 11) is 0. The predicted molar refractivity (Wildman–Crippen MR) is 70.2 cm³/mol. The zero-order valence-corrected chi connectivity index (χ0v) is 10.9. The smallest absolute Gasteiger partial charge is 0.303 e. The van der Waals surface area contributed by atoms with Crippen molar-refractivity contribution >= 4 is 17.5 Å². The number of aromatic nitrogens is 1. The van der Waals surface area contributed by atoms with Crippen LogP contribution in [0.4, 0.5) is 11.5 Å². The third-order valence-corrected chi connectivity index (χ3v) is 2.89. The van der Waals surface area contributed by atoms with Crippen LogP contribution >= 0.6 is 0 Å².